The van der Waals surface area contributed by atoms with E-state index in [0.29, 0.717) is 22.1 Å². The molecule has 6 nitrogen and oxygen atoms in total. The molecule has 182 valence electrons. The molecule has 4 aromatic rings. The average molecular weight is 495 g/mol. The number of aliphatic hydroxyl groups excluding tert-OH is 1. The summed E-state index contributed by atoms with van der Waals surface area (Å²) in [7, 11) is -3.97. The molecule has 1 atom stereocenters. The van der Waals surface area contributed by atoms with Crippen LogP contribution >= 0.6 is 0 Å². The predicted octanol–water partition coefficient (Wildman–Crippen LogP) is 4.74. The third-order valence-corrected chi connectivity index (χ3v) is 7.78. The van der Waals surface area contributed by atoms with Crippen molar-refractivity contribution in [2.45, 2.75) is 31.7 Å². The molecule has 0 bridgehead atoms. The van der Waals surface area contributed by atoms with Crippen LogP contribution in [-0.4, -0.2) is 36.1 Å². The summed E-state index contributed by atoms with van der Waals surface area (Å²) in [5.41, 5.74) is 2.84. The highest BCUT2D eigenvalue weighted by atomic mass is 32.2. The zero-order chi connectivity index (χ0) is 25.3. The van der Waals surface area contributed by atoms with Gasteiger partial charge in [-0.1, -0.05) is 43.7 Å². The number of benzene rings is 3. The van der Waals surface area contributed by atoms with Gasteiger partial charge in [-0.05, 0) is 60.9 Å². The van der Waals surface area contributed by atoms with Crippen LogP contribution in [0.5, 0.6) is 0 Å². The second-order valence-corrected chi connectivity index (χ2v) is 10.7. The number of carbonyl (C=O) groups is 1. The molecule has 35 heavy (non-hydrogen) atoms. The Labute approximate surface area is 204 Å². The van der Waals surface area contributed by atoms with Crippen molar-refractivity contribution in [3.05, 3.63) is 89.9 Å². The summed E-state index contributed by atoms with van der Waals surface area (Å²) >= 11 is 0. The lowest BCUT2D eigenvalue weighted by molar-refractivity contribution is 0.0897. The first-order valence-corrected chi connectivity index (χ1v) is 12.7. The lowest BCUT2D eigenvalue weighted by Crippen LogP contribution is -2.41. The Morgan fingerprint density at radius 2 is 1.69 bits per heavy atom. The van der Waals surface area contributed by atoms with Gasteiger partial charge in [-0.15, -0.1) is 0 Å². The van der Waals surface area contributed by atoms with Gasteiger partial charge in [-0.25, -0.2) is 16.8 Å². The van der Waals surface area contributed by atoms with E-state index in [4.69, 9.17) is 0 Å². The highest BCUT2D eigenvalue weighted by molar-refractivity contribution is 7.90. The third kappa shape index (κ3) is 4.85. The van der Waals surface area contributed by atoms with Crippen LogP contribution in [0.4, 0.5) is 4.39 Å². The number of rotatable bonds is 7. The normalized spacial score (nSPS) is 12.7. The molecule has 0 aliphatic rings. The number of nitrogens with zero attached hydrogens (tertiary/aromatic N) is 1. The molecule has 1 aromatic heterocycles. The summed E-state index contributed by atoms with van der Waals surface area (Å²) in [6.07, 6.45) is 1.48. The maximum atomic E-state index is 14.1. The largest absolute Gasteiger partial charge is 0.394 e. The van der Waals surface area contributed by atoms with Gasteiger partial charge in [-0.3, -0.25) is 4.79 Å². The Bertz CT molecular complexity index is 1470. The summed E-state index contributed by atoms with van der Waals surface area (Å²) < 4.78 is 42.1. The number of aromatic nitrogens is 1. The number of carbonyl (C=O) groups excluding carboxylic acids is 1. The molecular formula is C27H27FN2O4S. The van der Waals surface area contributed by atoms with Crippen molar-refractivity contribution in [3.63, 3.8) is 0 Å². The molecule has 0 fully saturated rings. The van der Waals surface area contributed by atoms with E-state index in [-0.39, 0.29) is 34.9 Å². The first-order chi connectivity index (χ1) is 16.6. The summed E-state index contributed by atoms with van der Waals surface area (Å²) in [5, 5.41) is 12.9. The van der Waals surface area contributed by atoms with Gasteiger partial charge in [-0.2, -0.15) is 0 Å². The van der Waals surface area contributed by atoms with Gasteiger partial charge in [0.1, 0.15) is 5.82 Å². The SMILES string of the molecule is Cc1ccc(S(=O)(=O)n2cc(-c3ccc(C(=O)N[C@H](CO)C(C)C)cc3)c3ccc(F)cc32)cc1. The Balaban J connectivity index is 1.75. The lowest BCUT2D eigenvalue weighted by Gasteiger charge is -2.19. The van der Waals surface area contributed by atoms with Gasteiger partial charge in [0, 0.05) is 22.7 Å². The van der Waals surface area contributed by atoms with E-state index in [1.165, 1.54) is 30.5 Å². The zero-order valence-electron chi connectivity index (χ0n) is 19.7. The molecular weight excluding hydrogens is 467 g/mol. The third-order valence-electron chi connectivity index (χ3n) is 6.09. The predicted molar refractivity (Wildman–Crippen MR) is 134 cm³/mol. The van der Waals surface area contributed by atoms with E-state index in [2.05, 4.69) is 5.32 Å². The lowest BCUT2D eigenvalue weighted by atomic mass is 10.0. The summed E-state index contributed by atoms with van der Waals surface area (Å²) in [6.45, 7) is 5.53. The number of aliphatic hydroxyl groups is 1. The van der Waals surface area contributed by atoms with E-state index < -0.39 is 15.8 Å². The summed E-state index contributed by atoms with van der Waals surface area (Å²) in [6, 6.07) is 16.9. The van der Waals surface area contributed by atoms with Crippen molar-refractivity contribution in [1.29, 1.82) is 0 Å². The first-order valence-electron chi connectivity index (χ1n) is 11.3. The monoisotopic (exact) mass is 494 g/mol. The molecule has 0 radical (unpaired) electrons. The van der Waals surface area contributed by atoms with Crippen molar-refractivity contribution in [1.82, 2.24) is 9.29 Å². The van der Waals surface area contributed by atoms with E-state index in [1.807, 2.05) is 20.8 Å². The Morgan fingerprint density at radius 1 is 1.03 bits per heavy atom. The molecule has 8 heteroatoms. The van der Waals surface area contributed by atoms with E-state index >= 15 is 0 Å². The molecule has 4 rings (SSSR count). The zero-order valence-corrected chi connectivity index (χ0v) is 20.5. The van der Waals surface area contributed by atoms with Gasteiger partial charge >= 0.3 is 0 Å². The summed E-state index contributed by atoms with van der Waals surface area (Å²) in [5.74, 6) is -0.779. The van der Waals surface area contributed by atoms with E-state index in [9.17, 15) is 22.7 Å². The number of halogens is 1. The quantitative estimate of drug-likeness (QED) is 0.389. The number of hydrogen-bond acceptors (Lipinski definition) is 4. The minimum atomic E-state index is -3.97. The van der Waals surface area contributed by atoms with Crippen molar-refractivity contribution in [2.75, 3.05) is 6.61 Å². The minimum Gasteiger partial charge on any atom is -0.394 e. The highest BCUT2D eigenvalue weighted by Gasteiger charge is 2.23. The second-order valence-electron chi connectivity index (χ2n) is 8.90. The van der Waals surface area contributed by atoms with Crippen LogP contribution in [0.2, 0.25) is 0 Å². The molecule has 2 N–H and O–H groups in total. The van der Waals surface area contributed by atoms with E-state index in [1.54, 1.807) is 42.5 Å². The Morgan fingerprint density at radius 3 is 2.29 bits per heavy atom. The molecule has 1 heterocycles. The van der Waals surface area contributed by atoms with Crippen LogP contribution in [-0.2, 0) is 10.0 Å². The number of nitrogens with one attached hydrogen (secondary N) is 1. The van der Waals surface area contributed by atoms with Crippen LogP contribution in [0.15, 0.2) is 77.8 Å². The molecule has 0 saturated carbocycles. The molecule has 0 spiro atoms. The fourth-order valence-electron chi connectivity index (χ4n) is 3.90. The Hall–Kier alpha value is -3.49. The molecule has 1 amide bonds. The van der Waals surface area contributed by atoms with Crippen LogP contribution < -0.4 is 5.32 Å². The van der Waals surface area contributed by atoms with Crippen LogP contribution in [0.1, 0.15) is 29.8 Å². The van der Waals surface area contributed by atoms with Crippen molar-refractivity contribution < 1.29 is 22.7 Å². The van der Waals surface area contributed by atoms with Gasteiger partial charge in [0.25, 0.3) is 15.9 Å². The van der Waals surface area contributed by atoms with Gasteiger partial charge in [0.05, 0.1) is 23.1 Å². The highest BCUT2D eigenvalue weighted by Crippen LogP contribution is 2.33. The van der Waals surface area contributed by atoms with Crippen LogP contribution in [0, 0.1) is 18.7 Å². The van der Waals surface area contributed by atoms with Gasteiger partial charge < -0.3 is 10.4 Å². The fourth-order valence-corrected chi connectivity index (χ4v) is 5.26. The topological polar surface area (TPSA) is 88.4 Å². The number of fused-ring (bicyclic) bond motifs is 1. The van der Waals surface area contributed by atoms with Crippen molar-refractivity contribution in [2.24, 2.45) is 5.92 Å². The number of aryl methyl sites for hydroxylation is 1. The van der Waals surface area contributed by atoms with Gasteiger partial charge in [0.15, 0.2) is 0 Å². The molecule has 0 unspecified atom stereocenters. The Kier molecular flexibility index (Phi) is 6.78. The van der Waals surface area contributed by atoms with Gasteiger partial charge in [0.2, 0.25) is 0 Å². The summed E-state index contributed by atoms with van der Waals surface area (Å²) in [4.78, 5) is 12.7. The van der Waals surface area contributed by atoms with Crippen molar-refractivity contribution in [3.8, 4) is 11.1 Å². The second kappa shape index (κ2) is 9.64. The van der Waals surface area contributed by atoms with Crippen LogP contribution in [0.3, 0.4) is 0 Å². The molecule has 0 aliphatic heterocycles. The fraction of sp³-hybridized carbons (Fsp3) is 0.222. The smallest absolute Gasteiger partial charge is 0.268 e. The maximum Gasteiger partial charge on any atom is 0.268 e. The molecule has 0 saturated heterocycles. The standard InChI is InChI=1S/C27H27FN2O4S/c1-17(2)25(16-31)29-27(32)20-8-6-19(7-9-20)24-15-30(26-14-21(28)10-13-23(24)26)35(33,34)22-11-4-18(3)5-12-22/h4-15,17,25,31H,16H2,1-3H3,(H,29,32)/t25-/m1/s1. The average Bonchev–Trinajstić information content (AvgIpc) is 3.22. The minimum absolute atomic E-state index is 0.0743. The van der Waals surface area contributed by atoms with Crippen molar-refractivity contribution >= 4 is 26.8 Å². The molecule has 0 aliphatic carbocycles. The number of amides is 1. The number of hydrogen-bond donors (Lipinski definition) is 2. The van der Waals surface area contributed by atoms with Crippen LogP contribution in [0.25, 0.3) is 22.0 Å². The van der Waals surface area contributed by atoms with E-state index in [0.717, 1.165) is 9.54 Å². The maximum absolute atomic E-state index is 14.1. The first kappa shape index (κ1) is 24.6. The molecule has 3 aromatic carbocycles.